The second-order valence-electron chi connectivity index (χ2n) is 6.23. The molecule has 0 aliphatic carbocycles. The summed E-state index contributed by atoms with van der Waals surface area (Å²) < 4.78 is 26.5. The second-order valence-corrected chi connectivity index (χ2v) is 8.31. The molecule has 1 aromatic heterocycles. The maximum atomic E-state index is 12.5. The number of benzene rings is 1. The molecule has 0 atom stereocenters. The number of piperazine rings is 1. The molecular formula is C18H23N5O3S. The van der Waals surface area contributed by atoms with Gasteiger partial charge >= 0.3 is 0 Å². The van der Waals surface area contributed by atoms with Gasteiger partial charge in [0, 0.05) is 50.7 Å². The van der Waals surface area contributed by atoms with E-state index in [9.17, 15) is 13.2 Å². The van der Waals surface area contributed by atoms with Crippen LogP contribution in [0.15, 0.2) is 48.8 Å². The molecule has 0 radical (unpaired) electrons. The third-order valence-electron chi connectivity index (χ3n) is 4.37. The van der Waals surface area contributed by atoms with Crippen LogP contribution in [0.4, 0.5) is 5.95 Å². The van der Waals surface area contributed by atoms with Crippen LogP contribution in [0.5, 0.6) is 0 Å². The van der Waals surface area contributed by atoms with Crippen molar-refractivity contribution in [1.29, 1.82) is 0 Å². The molecule has 9 heteroatoms. The highest BCUT2D eigenvalue weighted by Crippen LogP contribution is 2.13. The second kappa shape index (κ2) is 8.92. The lowest BCUT2D eigenvalue weighted by atomic mass is 10.2. The van der Waals surface area contributed by atoms with Crippen molar-refractivity contribution in [1.82, 2.24) is 19.6 Å². The Balaban J connectivity index is 1.42. The number of sulfonamides is 1. The van der Waals surface area contributed by atoms with Crippen LogP contribution in [0.3, 0.4) is 0 Å². The SMILES string of the molecule is O=C(NCCCS(=O)(=O)N1CCN(c2ncccn2)CC1)c1ccccc1. The summed E-state index contributed by atoms with van der Waals surface area (Å²) in [5.74, 6) is 0.451. The molecule has 0 bridgehead atoms. The van der Waals surface area contributed by atoms with E-state index >= 15 is 0 Å². The van der Waals surface area contributed by atoms with Crippen molar-refractivity contribution in [2.45, 2.75) is 6.42 Å². The number of rotatable bonds is 7. The lowest BCUT2D eigenvalue weighted by Crippen LogP contribution is -2.49. The smallest absolute Gasteiger partial charge is 0.251 e. The molecule has 0 saturated carbocycles. The lowest BCUT2D eigenvalue weighted by molar-refractivity contribution is 0.0953. The van der Waals surface area contributed by atoms with Crippen LogP contribution in [-0.2, 0) is 10.0 Å². The molecule has 8 nitrogen and oxygen atoms in total. The van der Waals surface area contributed by atoms with E-state index in [1.807, 2.05) is 11.0 Å². The summed E-state index contributed by atoms with van der Waals surface area (Å²) >= 11 is 0. The Bertz CT molecular complexity index is 838. The minimum absolute atomic E-state index is 0.0178. The van der Waals surface area contributed by atoms with Gasteiger partial charge in [0.25, 0.3) is 5.91 Å². The molecule has 2 aromatic rings. The first-order valence-corrected chi connectivity index (χ1v) is 10.5. The average molecular weight is 389 g/mol. The van der Waals surface area contributed by atoms with E-state index < -0.39 is 10.0 Å². The van der Waals surface area contributed by atoms with Gasteiger partial charge in [-0.15, -0.1) is 0 Å². The summed E-state index contributed by atoms with van der Waals surface area (Å²) in [6.07, 6.45) is 3.73. The molecule has 1 saturated heterocycles. The zero-order valence-electron chi connectivity index (χ0n) is 15.0. The average Bonchev–Trinajstić information content (AvgIpc) is 2.72. The van der Waals surface area contributed by atoms with Crippen LogP contribution in [0.25, 0.3) is 0 Å². The topological polar surface area (TPSA) is 95.5 Å². The summed E-state index contributed by atoms with van der Waals surface area (Å²) in [4.78, 5) is 22.3. The normalized spacial score (nSPS) is 15.5. The largest absolute Gasteiger partial charge is 0.352 e. The van der Waals surface area contributed by atoms with Crippen LogP contribution in [0, 0.1) is 0 Å². The molecule has 1 N–H and O–H groups in total. The lowest BCUT2D eigenvalue weighted by Gasteiger charge is -2.33. The van der Waals surface area contributed by atoms with E-state index in [4.69, 9.17) is 0 Å². The highest BCUT2D eigenvalue weighted by molar-refractivity contribution is 7.89. The predicted molar refractivity (Wildman–Crippen MR) is 103 cm³/mol. The maximum absolute atomic E-state index is 12.5. The van der Waals surface area contributed by atoms with Crippen LogP contribution >= 0.6 is 0 Å². The van der Waals surface area contributed by atoms with Gasteiger partial charge in [-0.1, -0.05) is 18.2 Å². The Hall–Kier alpha value is -2.52. The van der Waals surface area contributed by atoms with E-state index in [1.54, 1.807) is 42.7 Å². The minimum atomic E-state index is -3.34. The summed E-state index contributed by atoms with van der Waals surface area (Å²) in [5, 5.41) is 2.76. The number of nitrogens with one attached hydrogen (secondary N) is 1. The van der Waals surface area contributed by atoms with Gasteiger partial charge in [-0.3, -0.25) is 4.79 Å². The monoisotopic (exact) mass is 389 g/mol. The van der Waals surface area contributed by atoms with Crippen LogP contribution in [0.1, 0.15) is 16.8 Å². The van der Waals surface area contributed by atoms with Gasteiger partial charge in [-0.25, -0.2) is 18.4 Å². The number of hydrogen-bond donors (Lipinski definition) is 1. The Labute approximate surface area is 159 Å². The Morgan fingerprint density at radius 1 is 1.00 bits per heavy atom. The zero-order chi connectivity index (χ0) is 19.1. The number of hydrogen-bond acceptors (Lipinski definition) is 6. The molecule has 3 rings (SSSR count). The zero-order valence-corrected chi connectivity index (χ0v) is 15.8. The molecule has 1 fully saturated rings. The van der Waals surface area contributed by atoms with Crippen LogP contribution in [0.2, 0.25) is 0 Å². The minimum Gasteiger partial charge on any atom is -0.352 e. The van der Waals surface area contributed by atoms with E-state index in [2.05, 4.69) is 15.3 Å². The molecule has 1 aliphatic heterocycles. The van der Waals surface area contributed by atoms with Gasteiger partial charge in [-0.05, 0) is 24.6 Å². The number of nitrogens with zero attached hydrogens (tertiary/aromatic N) is 4. The van der Waals surface area contributed by atoms with Crippen LogP contribution < -0.4 is 10.2 Å². The first-order valence-electron chi connectivity index (χ1n) is 8.89. The first-order chi connectivity index (χ1) is 13.1. The first kappa shape index (κ1) is 19.2. The van der Waals surface area contributed by atoms with Crippen molar-refractivity contribution in [3.05, 3.63) is 54.4 Å². The molecule has 0 unspecified atom stereocenters. The molecule has 2 heterocycles. The Morgan fingerprint density at radius 2 is 1.67 bits per heavy atom. The molecule has 27 heavy (non-hydrogen) atoms. The van der Waals surface area contributed by atoms with Gasteiger partial charge in [0.2, 0.25) is 16.0 Å². The predicted octanol–water partition coefficient (Wildman–Crippen LogP) is 0.749. The molecule has 144 valence electrons. The van der Waals surface area contributed by atoms with E-state index in [0.29, 0.717) is 50.7 Å². The van der Waals surface area contributed by atoms with Gasteiger partial charge in [-0.2, -0.15) is 4.31 Å². The molecule has 0 spiro atoms. The van der Waals surface area contributed by atoms with E-state index in [-0.39, 0.29) is 11.7 Å². The highest BCUT2D eigenvalue weighted by atomic mass is 32.2. The van der Waals surface area contributed by atoms with Crippen molar-refractivity contribution < 1.29 is 13.2 Å². The van der Waals surface area contributed by atoms with Crippen LogP contribution in [-0.4, -0.2) is 67.1 Å². The third-order valence-corrected chi connectivity index (χ3v) is 6.32. The fourth-order valence-corrected chi connectivity index (χ4v) is 4.38. The van der Waals surface area contributed by atoms with Gasteiger partial charge in [0.1, 0.15) is 0 Å². The molecular weight excluding hydrogens is 366 g/mol. The van der Waals surface area contributed by atoms with Gasteiger partial charge in [0.05, 0.1) is 5.75 Å². The number of carbonyl (C=O) groups excluding carboxylic acids is 1. The van der Waals surface area contributed by atoms with Crippen molar-refractivity contribution in [2.24, 2.45) is 0 Å². The quantitative estimate of drug-likeness (QED) is 0.702. The molecule has 1 aliphatic rings. The Kier molecular flexibility index (Phi) is 6.36. The number of carbonyl (C=O) groups is 1. The number of anilines is 1. The third kappa shape index (κ3) is 5.24. The summed E-state index contributed by atoms with van der Waals surface area (Å²) in [5.41, 5.74) is 0.569. The maximum Gasteiger partial charge on any atom is 0.251 e. The van der Waals surface area contributed by atoms with Gasteiger partial charge in [0.15, 0.2) is 0 Å². The molecule has 1 aromatic carbocycles. The van der Waals surface area contributed by atoms with E-state index in [1.165, 1.54) is 4.31 Å². The van der Waals surface area contributed by atoms with Crippen molar-refractivity contribution in [3.63, 3.8) is 0 Å². The fraction of sp³-hybridized carbons (Fsp3) is 0.389. The Morgan fingerprint density at radius 3 is 2.33 bits per heavy atom. The van der Waals surface area contributed by atoms with Crippen molar-refractivity contribution >= 4 is 21.9 Å². The van der Waals surface area contributed by atoms with Crippen molar-refractivity contribution in [2.75, 3.05) is 43.4 Å². The molecule has 1 amide bonds. The summed E-state index contributed by atoms with van der Waals surface area (Å²) in [7, 11) is -3.34. The van der Waals surface area contributed by atoms with Gasteiger partial charge < -0.3 is 10.2 Å². The van der Waals surface area contributed by atoms with E-state index in [0.717, 1.165) is 0 Å². The standard InChI is InChI=1S/C18H23N5O3S/c24-17(16-6-2-1-3-7-16)19-10-5-15-27(25,26)23-13-11-22(12-14-23)18-20-8-4-9-21-18/h1-4,6-9H,5,10-15H2,(H,19,24). The summed E-state index contributed by atoms with van der Waals surface area (Å²) in [6.45, 7) is 2.28. The summed E-state index contributed by atoms with van der Waals surface area (Å²) in [6, 6.07) is 10.6. The van der Waals surface area contributed by atoms with Crippen molar-refractivity contribution in [3.8, 4) is 0 Å². The highest BCUT2D eigenvalue weighted by Gasteiger charge is 2.27. The number of aromatic nitrogens is 2. The fourth-order valence-electron chi connectivity index (χ4n) is 2.90. The number of amides is 1.